The number of rotatable bonds is 6. The van der Waals surface area contributed by atoms with E-state index in [1.807, 2.05) is 29.2 Å². The molecule has 0 atom stereocenters. The number of aromatic nitrogens is 2. The lowest BCUT2D eigenvalue weighted by molar-refractivity contribution is -0.116. The molecule has 4 heterocycles. The fraction of sp³-hybridized carbons (Fsp3) is 0.308. The molecule has 2 amide bonds. The van der Waals surface area contributed by atoms with Crippen molar-refractivity contribution in [3.8, 4) is 6.07 Å². The number of pyridine rings is 1. The molecule has 34 heavy (non-hydrogen) atoms. The van der Waals surface area contributed by atoms with Crippen LogP contribution in [0.1, 0.15) is 47.3 Å². The lowest BCUT2D eigenvalue weighted by atomic mass is 9.91. The summed E-state index contributed by atoms with van der Waals surface area (Å²) < 4.78 is 2.05. The molecule has 1 fully saturated rings. The van der Waals surface area contributed by atoms with Crippen LogP contribution in [0.3, 0.4) is 0 Å². The second-order valence-corrected chi connectivity index (χ2v) is 9.70. The van der Waals surface area contributed by atoms with E-state index in [4.69, 9.17) is 0 Å². The van der Waals surface area contributed by atoms with Crippen LogP contribution in [0.25, 0.3) is 11.7 Å². The van der Waals surface area contributed by atoms with Gasteiger partial charge in [-0.15, -0.1) is 0 Å². The first kappa shape index (κ1) is 22.2. The Morgan fingerprint density at radius 3 is 2.79 bits per heavy atom. The highest BCUT2D eigenvalue weighted by atomic mass is 32.2. The molecule has 0 unspecified atom stereocenters. The maximum Gasteiger partial charge on any atom is 0.258 e. The van der Waals surface area contributed by atoms with Crippen molar-refractivity contribution in [3.63, 3.8) is 0 Å². The average Bonchev–Trinajstić information content (AvgIpc) is 3.31. The zero-order valence-corrected chi connectivity index (χ0v) is 19.6. The highest BCUT2D eigenvalue weighted by molar-refractivity contribution is 8.04. The SMILES string of the molecule is N#Cc1ccccc1C(=O)N1CCC(CCCNC(=O)C2=Cc3cnc4cccc(n34)S2)CC1. The van der Waals surface area contributed by atoms with Gasteiger partial charge in [-0.2, -0.15) is 5.26 Å². The number of imidazole rings is 1. The van der Waals surface area contributed by atoms with Crippen molar-refractivity contribution in [3.05, 3.63) is 70.4 Å². The van der Waals surface area contributed by atoms with Gasteiger partial charge in [-0.05, 0) is 61.9 Å². The third kappa shape index (κ3) is 4.44. The number of hydrogen-bond acceptors (Lipinski definition) is 5. The summed E-state index contributed by atoms with van der Waals surface area (Å²) in [7, 11) is 0. The summed E-state index contributed by atoms with van der Waals surface area (Å²) in [5, 5.41) is 13.3. The highest BCUT2D eigenvalue weighted by Crippen LogP contribution is 2.34. The van der Waals surface area contributed by atoms with Crippen molar-refractivity contribution in [2.24, 2.45) is 5.92 Å². The van der Waals surface area contributed by atoms with E-state index in [2.05, 4.69) is 20.8 Å². The molecule has 172 valence electrons. The van der Waals surface area contributed by atoms with Crippen LogP contribution in [-0.2, 0) is 4.79 Å². The highest BCUT2D eigenvalue weighted by Gasteiger charge is 2.25. The predicted octanol–water partition coefficient (Wildman–Crippen LogP) is 4.10. The van der Waals surface area contributed by atoms with E-state index in [0.29, 0.717) is 41.6 Å². The topological polar surface area (TPSA) is 90.5 Å². The van der Waals surface area contributed by atoms with Gasteiger partial charge in [0.25, 0.3) is 11.8 Å². The summed E-state index contributed by atoms with van der Waals surface area (Å²) in [6.07, 6.45) is 7.52. The first-order valence-corrected chi connectivity index (χ1v) is 12.4. The smallest absolute Gasteiger partial charge is 0.258 e. The molecule has 2 aliphatic rings. The Balaban J connectivity index is 1.07. The van der Waals surface area contributed by atoms with Crippen LogP contribution in [0.2, 0.25) is 0 Å². The van der Waals surface area contributed by atoms with Crippen LogP contribution in [0.5, 0.6) is 0 Å². The minimum absolute atomic E-state index is 0.0500. The summed E-state index contributed by atoms with van der Waals surface area (Å²) in [6, 6.07) is 15.0. The number of carbonyl (C=O) groups is 2. The van der Waals surface area contributed by atoms with E-state index < -0.39 is 0 Å². The molecule has 3 aromatic rings. The summed E-state index contributed by atoms with van der Waals surface area (Å²) in [5.74, 6) is 0.437. The number of likely N-dealkylation sites (tertiary alicyclic amines) is 1. The molecule has 1 aromatic carbocycles. The molecule has 2 aliphatic heterocycles. The molecular weight excluding hydrogens is 446 g/mol. The van der Waals surface area contributed by atoms with Crippen LogP contribution < -0.4 is 5.32 Å². The fourth-order valence-corrected chi connectivity index (χ4v) is 5.65. The van der Waals surface area contributed by atoms with Gasteiger partial charge in [0, 0.05) is 19.6 Å². The summed E-state index contributed by atoms with van der Waals surface area (Å²) in [4.78, 5) is 32.4. The van der Waals surface area contributed by atoms with Crippen LogP contribution in [-0.4, -0.2) is 45.7 Å². The number of hydrogen-bond donors (Lipinski definition) is 1. The Morgan fingerprint density at radius 1 is 1.15 bits per heavy atom. The first-order valence-electron chi connectivity index (χ1n) is 11.6. The Hall–Kier alpha value is -3.57. The van der Waals surface area contributed by atoms with Crippen LogP contribution in [0.4, 0.5) is 0 Å². The van der Waals surface area contributed by atoms with Gasteiger partial charge in [0.2, 0.25) is 0 Å². The second-order valence-electron chi connectivity index (χ2n) is 8.64. The zero-order chi connectivity index (χ0) is 23.5. The second kappa shape index (κ2) is 9.74. The van der Waals surface area contributed by atoms with Crippen LogP contribution in [0.15, 0.2) is 58.6 Å². The number of carbonyl (C=O) groups excluding carboxylic acids is 2. The van der Waals surface area contributed by atoms with Gasteiger partial charge in [0.1, 0.15) is 5.65 Å². The quantitative estimate of drug-likeness (QED) is 0.547. The van der Waals surface area contributed by atoms with Crippen LogP contribution >= 0.6 is 11.8 Å². The molecule has 8 heteroatoms. The molecule has 0 spiro atoms. The molecule has 0 saturated carbocycles. The molecular formula is C26H25N5O2S. The molecule has 0 aliphatic carbocycles. The predicted molar refractivity (Wildman–Crippen MR) is 131 cm³/mol. The fourth-order valence-electron chi connectivity index (χ4n) is 4.64. The van der Waals surface area contributed by atoms with Crippen molar-refractivity contribution in [2.75, 3.05) is 19.6 Å². The molecule has 1 saturated heterocycles. The minimum atomic E-state index is -0.0573. The molecule has 0 radical (unpaired) electrons. The number of nitrogens with zero attached hydrogens (tertiary/aromatic N) is 4. The average molecular weight is 472 g/mol. The molecule has 5 rings (SSSR count). The third-order valence-electron chi connectivity index (χ3n) is 6.49. The monoisotopic (exact) mass is 471 g/mol. The Kier molecular flexibility index (Phi) is 6.37. The van der Waals surface area contributed by atoms with Gasteiger partial charge in [0.05, 0.1) is 39.0 Å². The zero-order valence-electron chi connectivity index (χ0n) is 18.7. The number of benzene rings is 1. The third-order valence-corrected chi connectivity index (χ3v) is 7.54. The molecule has 0 bridgehead atoms. The Labute approximate surface area is 202 Å². The van der Waals surface area contributed by atoms with Gasteiger partial charge in [0.15, 0.2) is 0 Å². The number of thioether (sulfide) groups is 1. The standard InChI is InChI=1S/C26H25N5O2S/c27-16-19-6-1-2-7-21(19)26(33)30-13-10-18(11-14-30)5-4-12-28-25(32)22-15-20-17-29-23-8-3-9-24(34-22)31(20)23/h1-3,6-9,15,17-18H,4-5,10-14H2,(H,28,32). The maximum absolute atomic E-state index is 12.8. The lowest BCUT2D eigenvalue weighted by Gasteiger charge is -2.32. The van der Waals surface area contributed by atoms with Crippen molar-refractivity contribution in [1.82, 2.24) is 19.6 Å². The van der Waals surface area contributed by atoms with E-state index in [9.17, 15) is 14.9 Å². The van der Waals surface area contributed by atoms with Crippen molar-refractivity contribution in [2.45, 2.75) is 30.7 Å². The van der Waals surface area contributed by atoms with Crippen molar-refractivity contribution < 1.29 is 9.59 Å². The molecule has 2 aromatic heterocycles. The van der Waals surface area contributed by atoms with Gasteiger partial charge in [-0.1, -0.05) is 30.0 Å². The lowest BCUT2D eigenvalue weighted by Crippen LogP contribution is -2.39. The Morgan fingerprint density at radius 2 is 1.97 bits per heavy atom. The summed E-state index contributed by atoms with van der Waals surface area (Å²) in [5.41, 5.74) is 2.73. The summed E-state index contributed by atoms with van der Waals surface area (Å²) in [6.45, 7) is 2.05. The normalized spacial score (nSPS) is 15.6. The van der Waals surface area contributed by atoms with Crippen LogP contribution in [0, 0.1) is 17.2 Å². The minimum Gasteiger partial charge on any atom is -0.352 e. The molecule has 7 nitrogen and oxygen atoms in total. The van der Waals surface area contributed by atoms with Gasteiger partial charge >= 0.3 is 0 Å². The summed E-state index contributed by atoms with van der Waals surface area (Å²) >= 11 is 1.47. The van der Waals surface area contributed by atoms with E-state index in [1.54, 1.807) is 30.5 Å². The largest absolute Gasteiger partial charge is 0.352 e. The number of nitrogens with one attached hydrogen (secondary N) is 1. The molecule has 1 N–H and O–H groups in total. The Bertz CT molecular complexity index is 1310. The van der Waals surface area contributed by atoms with Gasteiger partial charge < -0.3 is 10.2 Å². The van der Waals surface area contributed by atoms with E-state index >= 15 is 0 Å². The van der Waals surface area contributed by atoms with E-state index in [-0.39, 0.29) is 11.8 Å². The van der Waals surface area contributed by atoms with Gasteiger partial charge in [-0.25, -0.2) is 4.98 Å². The van der Waals surface area contributed by atoms with Gasteiger partial charge in [-0.3, -0.25) is 14.0 Å². The van der Waals surface area contributed by atoms with E-state index in [1.165, 1.54) is 11.8 Å². The number of nitriles is 1. The first-order chi connectivity index (χ1) is 16.6. The van der Waals surface area contributed by atoms with Crippen molar-refractivity contribution >= 4 is 35.3 Å². The van der Waals surface area contributed by atoms with E-state index in [0.717, 1.165) is 42.1 Å². The number of piperidine rings is 1. The number of amides is 2. The maximum atomic E-state index is 12.8. The van der Waals surface area contributed by atoms with Crippen molar-refractivity contribution in [1.29, 1.82) is 5.26 Å².